The number of methoxy groups -OCH3 is 4. The number of rotatable bonds is 11. The second kappa shape index (κ2) is 9.97. The van der Waals surface area contributed by atoms with E-state index in [0.29, 0.717) is 39.7 Å². The van der Waals surface area contributed by atoms with Crippen LogP contribution in [-0.4, -0.2) is 52.2 Å². The van der Waals surface area contributed by atoms with Crippen molar-refractivity contribution in [3.05, 3.63) is 41.6 Å². The fourth-order valence-corrected chi connectivity index (χ4v) is 5.55. The maximum Gasteiger partial charge on any atom is 0.270 e. The van der Waals surface area contributed by atoms with Crippen molar-refractivity contribution in [3.63, 3.8) is 0 Å². The first-order chi connectivity index (χ1) is 18.6. The van der Waals surface area contributed by atoms with Gasteiger partial charge < -0.3 is 28.8 Å². The van der Waals surface area contributed by atoms with Crippen molar-refractivity contribution < 1.29 is 31.9 Å². The molecular formula is C26H31N5O7S. The Morgan fingerprint density at radius 1 is 0.974 bits per heavy atom. The molecule has 2 heterocycles. The number of anilines is 3. The highest BCUT2D eigenvalue weighted by Gasteiger charge is 2.31. The Balaban J connectivity index is 1.49. The van der Waals surface area contributed by atoms with Crippen molar-refractivity contribution in [3.8, 4) is 17.2 Å². The third kappa shape index (κ3) is 5.06. The van der Waals surface area contributed by atoms with E-state index in [-0.39, 0.29) is 22.2 Å². The third-order valence-corrected chi connectivity index (χ3v) is 8.22. The molecule has 0 atom stereocenters. The molecule has 2 aromatic heterocycles. The maximum absolute atomic E-state index is 13.6. The molecule has 1 aliphatic rings. The summed E-state index contributed by atoms with van der Waals surface area (Å²) < 4.78 is 57.2. The Kier molecular flexibility index (Phi) is 6.81. The van der Waals surface area contributed by atoms with Gasteiger partial charge in [0, 0.05) is 25.2 Å². The number of sulfonamides is 1. The van der Waals surface area contributed by atoms with Gasteiger partial charge in [0.2, 0.25) is 0 Å². The molecule has 0 bridgehead atoms. The lowest BCUT2D eigenvalue weighted by atomic mass is 9.97. The fraction of sp³-hybridized carbons (Fsp3) is 0.385. The van der Waals surface area contributed by atoms with Gasteiger partial charge in [0.1, 0.15) is 23.1 Å². The molecule has 39 heavy (non-hydrogen) atoms. The lowest BCUT2D eigenvalue weighted by Crippen LogP contribution is -2.21. The summed E-state index contributed by atoms with van der Waals surface area (Å²) in [6.07, 6.45) is 2.28. The zero-order chi connectivity index (χ0) is 27.9. The van der Waals surface area contributed by atoms with E-state index in [0.717, 1.165) is 18.5 Å². The molecule has 0 spiro atoms. The molecule has 1 fully saturated rings. The standard InChI is InChI=1S/C26H31N5O7S/c1-26(2,37-6)15-9-21(35-4)24(22(10-15)36-5)39(32,33)31-25-16-11-20(34-3)18(12-19(16)38-30-25)27-23-13-17(28-29-23)14-7-8-14/h9-14H,7-8H2,1-6H3,(H,30,31)(H2,27,28,29). The van der Waals surface area contributed by atoms with Gasteiger partial charge in [-0.05, 0) is 50.5 Å². The van der Waals surface area contributed by atoms with E-state index >= 15 is 0 Å². The van der Waals surface area contributed by atoms with E-state index in [1.807, 2.05) is 19.9 Å². The summed E-state index contributed by atoms with van der Waals surface area (Å²) >= 11 is 0. The number of hydrogen-bond donors (Lipinski definition) is 3. The summed E-state index contributed by atoms with van der Waals surface area (Å²) in [6, 6.07) is 8.49. The van der Waals surface area contributed by atoms with E-state index in [1.54, 1.807) is 31.4 Å². The van der Waals surface area contributed by atoms with Crippen LogP contribution in [0.5, 0.6) is 17.2 Å². The van der Waals surface area contributed by atoms with Crippen LogP contribution in [0.4, 0.5) is 17.3 Å². The quantitative estimate of drug-likeness (QED) is 0.233. The Hall–Kier alpha value is -3.97. The van der Waals surface area contributed by atoms with Gasteiger partial charge in [0.25, 0.3) is 10.0 Å². The first-order valence-electron chi connectivity index (χ1n) is 12.2. The van der Waals surface area contributed by atoms with Gasteiger partial charge in [-0.3, -0.25) is 9.82 Å². The van der Waals surface area contributed by atoms with Crippen LogP contribution in [0.2, 0.25) is 0 Å². The lowest BCUT2D eigenvalue weighted by Gasteiger charge is -2.25. The van der Waals surface area contributed by atoms with Gasteiger partial charge in [-0.2, -0.15) is 5.10 Å². The number of H-pyrrole nitrogens is 1. The van der Waals surface area contributed by atoms with E-state index in [1.165, 1.54) is 21.3 Å². The molecule has 3 N–H and O–H groups in total. The molecule has 13 heteroatoms. The molecule has 0 unspecified atom stereocenters. The number of aromatic nitrogens is 3. The van der Waals surface area contributed by atoms with E-state index < -0.39 is 15.6 Å². The second-order valence-electron chi connectivity index (χ2n) is 9.72. The second-order valence-corrected chi connectivity index (χ2v) is 11.3. The van der Waals surface area contributed by atoms with Crippen molar-refractivity contribution in [2.75, 3.05) is 38.5 Å². The van der Waals surface area contributed by atoms with Gasteiger partial charge in [-0.25, -0.2) is 8.42 Å². The van der Waals surface area contributed by atoms with E-state index in [2.05, 4.69) is 25.4 Å². The third-order valence-electron chi connectivity index (χ3n) is 6.82. The van der Waals surface area contributed by atoms with E-state index in [4.69, 9.17) is 23.5 Å². The number of ether oxygens (including phenoxy) is 4. The van der Waals surface area contributed by atoms with Crippen LogP contribution in [0.25, 0.3) is 11.0 Å². The molecule has 12 nitrogen and oxygen atoms in total. The minimum atomic E-state index is -4.24. The molecule has 5 rings (SSSR count). The van der Waals surface area contributed by atoms with Crippen molar-refractivity contribution in [2.45, 2.75) is 43.1 Å². The molecule has 0 aliphatic heterocycles. The largest absolute Gasteiger partial charge is 0.495 e. The van der Waals surface area contributed by atoms with Crippen molar-refractivity contribution in [2.24, 2.45) is 0 Å². The molecule has 4 aromatic rings. The van der Waals surface area contributed by atoms with Gasteiger partial charge in [0.15, 0.2) is 16.3 Å². The molecule has 0 amide bonds. The normalized spacial score (nSPS) is 13.9. The predicted molar refractivity (Wildman–Crippen MR) is 145 cm³/mol. The summed E-state index contributed by atoms with van der Waals surface area (Å²) in [6.45, 7) is 3.70. The average Bonchev–Trinajstić information content (AvgIpc) is 3.56. The molecule has 1 aliphatic carbocycles. The van der Waals surface area contributed by atoms with Crippen LogP contribution in [0.15, 0.2) is 39.8 Å². The Morgan fingerprint density at radius 2 is 1.64 bits per heavy atom. The molecule has 2 aromatic carbocycles. The SMILES string of the molecule is COc1cc2c(NS(=O)(=O)c3c(OC)cc(C(C)(C)OC)cc3OC)noc2cc1Nc1cc(C2CC2)n[nH]1. The molecule has 208 valence electrons. The number of nitrogens with one attached hydrogen (secondary N) is 3. The monoisotopic (exact) mass is 557 g/mol. The summed E-state index contributed by atoms with van der Waals surface area (Å²) in [5.41, 5.74) is 1.92. The molecule has 0 radical (unpaired) electrons. The van der Waals surface area contributed by atoms with Gasteiger partial charge in [0.05, 0.1) is 43.7 Å². The Morgan fingerprint density at radius 3 is 2.23 bits per heavy atom. The lowest BCUT2D eigenvalue weighted by molar-refractivity contribution is 0.0188. The van der Waals surface area contributed by atoms with Crippen LogP contribution in [0.1, 0.15) is 43.9 Å². The highest BCUT2D eigenvalue weighted by Crippen LogP contribution is 2.42. The van der Waals surface area contributed by atoms with Crippen LogP contribution in [-0.2, 0) is 20.4 Å². The highest BCUT2D eigenvalue weighted by molar-refractivity contribution is 7.93. The average molecular weight is 558 g/mol. The van der Waals surface area contributed by atoms with Crippen molar-refractivity contribution in [1.29, 1.82) is 0 Å². The Bertz CT molecular complexity index is 1600. The van der Waals surface area contributed by atoms with Crippen molar-refractivity contribution >= 4 is 38.3 Å². The van der Waals surface area contributed by atoms with Crippen molar-refractivity contribution in [1.82, 2.24) is 15.4 Å². The number of hydrogen-bond acceptors (Lipinski definition) is 10. The molecule has 0 saturated heterocycles. The summed E-state index contributed by atoms with van der Waals surface area (Å²) in [5.74, 6) is 1.82. The zero-order valence-corrected chi connectivity index (χ0v) is 23.4. The predicted octanol–water partition coefficient (Wildman–Crippen LogP) is 4.88. The number of nitrogens with zero attached hydrogens (tertiary/aromatic N) is 2. The number of benzene rings is 2. The van der Waals surface area contributed by atoms with Crippen LogP contribution in [0.3, 0.4) is 0 Å². The first kappa shape index (κ1) is 26.6. The molecule has 1 saturated carbocycles. The van der Waals surface area contributed by atoms with Gasteiger partial charge in [-0.15, -0.1) is 0 Å². The highest BCUT2D eigenvalue weighted by atomic mass is 32.2. The summed E-state index contributed by atoms with van der Waals surface area (Å²) in [4.78, 5) is -0.185. The number of aromatic amines is 1. The van der Waals surface area contributed by atoms with Crippen LogP contribution >= 0.6 is 0 Å². The molecular weight excluding hydrogens is 526 g/mol. The Labute approximate surface area is 226 Å². The number of fused-ring (bicyclic) bond motifs is 1. The smallest absolute Gasteiger partial charge is 0.270 e. The summed E-state index contributed by atoms with van der Waals surface area (Å²) in [5, 5.41) is 15.0. The van der Waals surface area contributed by atoms with Crippen LogP contribution < -0.4 is 24.2 Å². The van der Waals surface area contributed by atoms with Gasteiger partial charge in [-0.1, -0.05) is 5.16 Å². The van der Waals surface area contributed by atoms with Crippen LogP contribution in [0, 0.1) is 0 Å². The maximum atomic E-state index is 13.6. The minimum Gasteiger partial charge on any atom is -0.495 e. The van der Waals surface area contributed by atoms with E-state index in [9.17, 15) is 8.42 Å². The van der Waals surface area contributed by atoms with Gasteiger partial charge >= 0.3 is 0 Å². The first-order valence-corrected chi connectivity index (χ1v) is 13.7. The zero-order valence-electron chi connectivity index (χ0n) is 22.5. The topological polar surface area (TPSA) is 150 Å². The fourth-order valence-electron chi connectivity index (χ4n) is 4.23. The summed E-state index contributed by atoms with van der Waals surface area (Å²) in [7, 11) is 1.61. The minimum absolute atomic E-state index is 0.0159.